The summed E-state index contributed by atoms with van der Waals surface area (Å²) in [6.45, 7) is 1.35. The van der Waals surface area contributed by atoms with E-state index in [1.54, 1.807) is 12.1 Å². The Morgan fingerprint density at radius 1 is 1.14 bits per heavy atom. The van der Waals surface area contributed by atoms with Crippen molar-refractivity contribution in [3.8, 4) is 0 Å². The highest BCUT2D eigenvalue weighted by molar-refractivity contribution is 5.75. The minimum atomic E-state index is -0.817. The van der Waals surface area contributed by atoms with Crippen LogP contribution in [0, 0.1) is 5.82 Å². The molecule has 3 rings (SSSR count). The topological polar surface area (TPSA) is 40.5 Å². The number of carboxylic acids is 1. The van der Waals surface area contributed by atoms with Crippen molar-refractivity contribution < 1.29 is 14.3 Å². The molecule has 0 aromatic heterocycles. The van der Waals surface area contributed by atoms with Gasteiger partial charge in [0, 0.05) is 19.0 Å². The summed E-state index contributed by atoms with van der Waals surface area (Å²) in [5, 5.41) is 9.63. The van der Waals surface area contributed by atoms with E-state index in [9.17, 15) is 14.3 Å². The Labute approximate surface area is 129 Å². The molecule has 22 heavy (non-hydrogen) atoms. The van der Waals surface area contributed by atoms with Gasteiger partial charge in [-0.3, -0.25) is 9.69 Å². The van der Waals surface area contributed by atoms with E-state index in [0.29, 0.717) is 6.54 Å². The zero-order chi connectivity index (χ0) is 15.5. The quantitative estimate of drug-likeness (QED) is 0.942. The Morgan fingerprint density at radius 3 is 2.45 bits per heavy atom. The Kier molecular flexibility index (Phi) is 4.20. The number of halogens is 1. The van der Waals surface area contributed by atoms with E-state index >= 15 is 0 Å². The summed E-state index contributed by atoms with van der Waals surface area (Å²) in [6.07, 6.45) is 0.773. The molecule has 0 bridgehead atoms. The van der Waals surface area contributed by atoms with Gasteiger partial charge in [0.2, 0.25) is 0 Å². The molecule has 0 amide bonds. The van der Waals surface area contributed by atoms with Crippen LogP contribution in [0.2, 0.25) is 0 Å². The average Bonchev–Trinajstić information content (AvgIpc) is 2.93. The van der Waals surface area contributed by atoms with Crippen LogP contribution in [-0.4, -0.2) is 28.6 Å². The maximum atomic E-state index is 13.1. The third-order valence-corrected chi connectivity index (χ3v) is 4.28. The molecule has 1 aliphatic heterocycles. The van der Waals surface area contributed by atoms with Gasteiger partial charge in [0.05, 0.1) is 0 Å². The number of benzene rings is 2. The normalized spacial score (nSPS) is 21.9. The summed E-state index contributed by atoms with van der Waals surface area (Å²) in [4.78, 5) is 13.7. The molecular weight excluding hydrogens is 281 g/mol. The lowest BCUT2D eigenvalue weighted by atomic mass is 9.91. The molecule has 2 aromatic rings. The first kappa shape index (κ1) is 14.7. The van der Waals surface area contributed by atoms with Crippen molar-refractivity contribution in [1.29, 1.82) is 0 Å². The van der Waals surface area contributed by atoms with Crippen LogP contribution in [-0.2, 0) is 11.3 Å². The zero-order valence-electron chi connectivity index (χ0n) is 12.2. The molecule has 2 atom stereocenters. The van der Waals surface area contributed by atoms with Crippen LogP contribution in [0.3, 0.4) is 0 Å². The van der Waals surface area contributed by atoms with Crippen molar-refractivity contribution in [3.05, 3.63) is 71.5 Å². The summed E-state index contributed by atoms with van der Waals surface area (Å²) in [7, 11) is 0. The molecule has 3 nitrogen and oxygen atoms in total. The number of carboxylic acid groups (broad SMARTS) is 1. The molecule has 1 saturated heterocycles. The molecule has 0 unspecified atom stereocenters. The second kappa shape index (κ2) is 6.28. The van der Waals surface area contributed by atoms with Crippen LogP contribution in [0.5, 0.6) is 0 Å². The van der Waals surface area contributed by atoms with Crippen molar-refractivity contribution in [2.24, 2.45) is 0 Å². The Balaban J connectivity index is 1.82. The van der Waals surface area contributed by atoms with Crippen LogP contribution in [0.15, 0.2) is 54.6 Å². The first-order valence-corrected chi connectivity index (χ1v) is 7.41. The lowest BCUT2D eigenvalue weighted by molar-refractivity contribution is -0.142. The van der Waals surface area contributed by atoms with E-state index in [1.165, 1.54) is 12.1 Å². The predicted octanol–water partition coefficient (Wildman–Crippen LogP) is 3.27. The van der Waals surface area contributed by atoms with Gasteiger partial charge in [-0.2, -0.15) is 0 Å². The maximum absolute atomic E-state index is 13.1. The minimum absolute atomic E-state index is 0.0955. The highest BCUT2D eigenvalue weighted by atomic mass is 19.1. The molecule has 1 fully saturated rings. The van der Waals surface area contributed by atoms with E-state index in [1.807, 2.05) is 35.2 Å². The monoisotopic (exact) mass is 299 g/mol. The number of rotatable bonds is 4. The molecule has 1 heterocycles. The minimum Gasteiger partial charge on any atom is -0.480 e. The zero-order valence-corrected chi connectivity index (χ0v) is 12.2. The van der Waals surface area contributed by atoms with Gasteiger partial charge in [-0.05, 0) is 29.7 Å². The SMILES string of the molecule is O=C(O)[C@H]1[C@H](c2ccc(F)cc2)CCN1Cc1ccccc1. The van der Waals surface area contributed by atoms with Crippen LogP contribution in [0.4, 0.5) is 4.39 Å². The smallest absolute Gasteiger partial charge is 0.321 e. The first-order chi connectivity index (χ1) is 10.6. The van der Waals surface area contributed by atoms with Gasteiger partial charge in [0.1, 0.15) is 11.9 Å². The molecule has 0 spiro atoms. The van der Waals surface area contributed by atoms with Gasteiger partial charge in [0.25, 0.3) is 0 Å². The van der Waals surface area contributed by atoms with Gasteiger partial charge in [-0.1, -0.05) is 42.5 Å². The Bertz CT molecular complexity index is 642. The number of likely N-dealkylation sites (tertiary alicyclic amines) is 1. The number of carbonyl (C=O) groups is 1. The van der Waals surface area contributed by atoms with E-state index in [4.69, 9.17) is 0 Å². The van der Waals surface area contributed by atoms with E-state index in [2.05, 4.69) is 0 Å². The summed E-state index contributed by atoms with van der Waals surface area (Å²) >= 11 is 0. The molecule has 1 N–H and O–H groups in total. The summed E-state index contributed by atoms with van der Waals surface area (Å²) in [6, 6.07) is 15.5. The fourth-order valence-corrected chi connectivity index (χ4v) is 3.24. The third kappa shape index (κ3) is 3.02. The second-order valence-electron chi connectivity index (χ2n) is 5.69. The summed E-state index contributed by atoms with van der Waals surface area (Å²) in [5.74, 6) is -1.21. The van der Waals surface area contributed by atoms with Crippen LogP contribution >= 0.6 is 0 Å². The van der Waals surface area contributed by atoms with Gasteiger partial charge >= 0.3 is 5.97 Å². The Hall–Kier alpha value is -2.20. The highest BCUT2D eigenvalue weighted by Gasteiger charge is 2.39. The van der Waals surface area contributed by atoms with Gasteiger partial charge in [-0.25, -0.2) is 4.39 Å². The molecular formula is C18H18FNO2. The van der Waals surface area contributed by atoms with Gasteiger partial charge in [-0.15, -0.1) is 0 Å². The second-order valence-corrected chi connectivity index (χ2v) is 5.69. The predicted molar refractivity (Wildman–Crippen MR) is 82.0 cm³/mol. The average molecular weight is 299 g/mol. The number of hydrogen-bond donors (Lipinski definition) is 1. The van der Waals surface area contributed by atoms with Crippen molar-refractivity contribution in [2.75, 3.05) is 6.54 Å². The summed E-state index contributed by atoms with van der Waals surface area (Å²) < 4.78 is 13.1. The van der Waals surface area contributed by atoms with Crippen molar-refractivity contribution in [3.63, 3.8) is 0 Å². The fraction of sp³-hybridized carbons (Fsp3) is 0.278. The molecule has 0 radical (unpaired) electrons. The van der Waals surface area contributed by atoms with Crippen LogP contribution in [0.25, 0.3) is 0 Å². The standard InChI is InChI=1S/C18H18FNO2/c19-15-8-6-14(7-9-15)16-10-11-20(17(16)18(21)22)12-13-4-2-1-3-5-13/h1-9,16-17H,10-12H2,(H,21,22)/t16-,17+/m0/s1. The molecule has 0 aliphatic carbocycles. The van der Waals surface area contributed by atoms with Crippen molar-refractivity contribution in [2.45, 2.75) is 24.9 Å². The molecule has 1 aliphatic rings. The largest absolute Gasteiger partial charge is 0.480 e. The Morgan fingerprint density at radius 2 is 1.82 bits per heavy atom. The van der Waals surface area contributed by atoms with Gasteiger partial charge < -0.3 is 5.11 Å². The van der Waals surface area contributed by atoms with Crippen molar-refractivity contribution in [1.82, 2.24) is 4.90 Å². The van der Waals surface area contributed by atoms with E-state index in [-0.39, 0.29) is 11.7 Å². The van der Waals surface area contributed by atoms with Crippen molar-refractivity contribution >= 4 is 5.97 Å². The van der Waals surface area contributed by atoms with E-state index < -0.39 is 12.0 Å². The van der Waals surface area contributed by atoms with E-state index in [0.717, 1.165) is 24.1 Å². The van der Waals surface area contributed by atoms with Gasteiger partial charge in [0.15, 0.2) is 0 Å². The third-order valence-electron chi connectivity index (χ3n) is 4.28. The molecule has 0 saturated carbocycles. The van der Waals surface area contributed by atoms with Crippen LogP contribution < -0.4 is 0 Å². The molecule has 114 valence electrons. The molecule has 2 aromatic carbocycles. The highest BCUT2D eigenvalue weighted by Crippen LogP contribution is 2.34. The lowest BCUT2D eigenvalue weighted by Gasteiger charge is -2.25. The lowest BCUT2D eigenvalue weighted by Crippen LogP contribution is -2.38. The van der Waals surface area contributed by atoms with Crippen LogP contribution in [0.1, 0.15) is 23.5 Å². The first-order valence-electron chi connectivity index (χ1n) is 7.41. The number of hydrogen-bond acceptors (Lipinski definition) is 2. The summed E-state index contributed by atoms with van der Waals surface area (Å²) in [5.41, 5.74) is 2.00. The fourth-order valence-electron chi connectivity index (χ4n) is 3.24. The molecule has 4 heteroatoms. The maximum Gasteiger partial charge on any atom is 0.321 e. The number of aliphatic carboxylic acids is 1. The number of nitrogens with zero attached hydrogens (tertiary/aromatic N) is 1.